The molecule has 3 rings (SSSR count). The lowest BCUT2D eigenvalue weighted by atomic mass is 10.2. The molecule has 0 saturated carbocycles. The number of nitrogens with two attached hydrogens (primary N) is 1. The number of fused-ring (bicyclic) bond motifs is 1. The molecule has 108 valence electrons. The Hall–Kier alpha value is -1.95. The Morgan fingerprint density at radius 3 is 2.57 bits per heavy atom. The van der Waals surface area contributed by atoms with Gasteiger partial charge in [-0.25, -0.2) is 14.4 Å². The van der Waals surface area contributed by atoms with E-state index in [9.17, 15) is 4.39 Å². The Kier molecular flexibility index (Phi) is 3.20. The molecule has 0 fully saturated rings. The van der Waals surface area contributed by atoms with Gasteiger partial charge in [0.2, 0.25) is 0 Å². The largest absolute Gasteiger partial charge is 0.383 e. The van der Waals surface area contributed by atoms with Crippen LogP contribution in [0.4, 0.5) is 10.2 Å². The minimum Gasteiger partial charge on any atom is -0.383 e. The molecule has 0 radical (unpaired) electrons. The topological polar surface area (TPSA) is 56.7 Å². The maximum atomic E-state index is 13.5. The van der Waals surface area contributed by atoms with E-state index in [2.05, 4.69) is 25.9 Å². The standard InChI is InChI=1S/C15H14BrFN4/c1-7-8(2)21(10-4-5-12(17)11(16)6-10)15-13(7)14(18)19-9(3)20-15/h4-6H,1-3H3,(H2,18,19,20). The van der Waals surface area contributed by atoms with Crippen molar-refractivity contribution in [3.8, 4) is 5.69 Å². The number of benzene rings is 1. The molecule has 2 aromatic heterocycles. The van der Waals surface area contributed by atoms with Gasteiger partial charge in [-0.15, -0.1) is 0 Å². The number of rotatable bonds is 1. The Balaban J connectivity index is 2.42. The highest BCUT2D eigenvalue weighted by molar-refractivity contribution is 9.10. The van der Waals surface area contributed by atoms with Crippen molar-refractivity contribution in [1.29, 1.82) is 0 Å². The van der Waals surface area contributed by atoms with Crippen molar-refractivity contribution in [3.05, 3.63) is 45.6 Å². The highest BCUT2D eigenvalue weighted by atomic mass is 79.9. The molecule has 1 aromatic carbocycles. The van der Waals surface area contributed by atoms with Gasteiger partial charge in [0.1, 0.15) is 17.5 Å². The molecule has 6 heteroatoms. The summed E-state index contributed by atoms with van der Waals surface area (Å²) >= 11 is 3.22. The van der Waals surface area contributed by atoms with Crippen molar-refractivity contribution in [2.75, 3.05) is 5.73 Å². The fourth-order valence-corrected chi connectivity index (χ4v) is 2.91. The fourth-order valence-electron chi connectivity index (χ4n) is 2.55. The quantitative estimate of drug-likeness (QED) is 0.726. The van der Waals surface area contributed by atoms with E-state index in [1.165, 1.54) is 6.07 Å². The van der Waals surface area contributed by atoms with Gasteiger partial charge in [0.15, 0.2) is 5.65 Å². The maximum Gasteiger partial charge on any atom is 0.150 e. The van der Waals surface area contributed by atoms with Crippen LogP contribution in [0.5, 0.6) is 0 Å². The number of aromatic nitrogens is 3. The molecular formula is C15H14BrFN4. The van der Waals surface area contributed by atoms with Crippen molar-refractivity contribution in [2.45, 2.75) is 20.8 Å². The smallest absolute Gasteiger partial charge is 0.150 e. The number of nitrogen functional groups attached to an aromatic ring is 1. The van der Waals surface area contributed by atoms with Gasteiger partial charge >= 0.3 is 0 Å². The predicted octanol–water partition coefficient (Wildman–Crippen LogP) is 3.83. The van der Waals surface area contributed by atoms with Crippen molar-refractivity contribution in [3.63, 3.8) is 0 Å². The molecule has 0 atom stereocenters. The zero-order valence-electron chi connectivity index (χ0n) is 11.9. The number of halogens is 2. The van der Waals surface area contributed by atoms with Crippen molar-refractivity contribution in [2.24, 2.45) is 0 Å². The summed E-state index contributed by atoms with van der Waals surface area (Å²) in [5, 5.41) is 0.846. The second-order valence-corrected chi connectivity index (χ2v) is 5.85. The number of hydrogen-bond donors (Lipinski definition) is 1. The lowest BCUT2D eigenvalue weighted by molar-refractivity contribution is 0.620. The molecule has 0 spiro atoms. The van der Waals surface area contributed by atoms with Gasteiger partial charge in [-0.3, -0.25) is 4.57 Å². The Bertz CT molecular complexity index is 870. The normalized spacial score (nSPS) is 11.3. The third-order valence-corrected chi connectivity index (χ3v) is 4.26. The van der Waals surface area contributed by atoms with Crippen LogP contribution in [0.25, 0.3) is 16.7 Å². The van der Waals surface area contributed by atoms with Crippen LogP contribution >= 0.6 is 15.9 Å². The summed E-state index contributed by atoms with van der Waals surface area (Å²) in [6.45, 7) is 5.78. The molecule has 0 amide bonds. The summed E-state index contributed by atoms with van der Waals surface area (Å²) in [6.07, 6.45) is 0. The molecule has 21 heavy (non-hydrogen) atoms. The average Bonchev–Trinajstić information content (AvgIpc) is 2.65. The summed E-state index contributed by atoms with van der Waals surface area (Å²) in [6, 6.07) is 4.88. The molecule has 0 aliphatic heterocycles. The van der Waals surface area contributed by atoms with Gasteiger partial charge in [-0.1, -0.05) is 0 Å². The lowest BCUT2D eigenvalue weighted by Crippen LogP contribution is -2.01. The van der Waals surface area contributed by atoms with E-state index in [0.29, 0.717) is 16.1 Å². The van der Waals surface area contributed by atoms with Crippen LogP contribution in [0.2, 0.25) is 0 Å². The first-order chi connectivity index (χ1) is 9.90. The van der Waals surface area contributed by atoms with E-state index < -0.39 is 0 Å². The van der Waals surface area contributed by atoms with E-state index in [1.54, 1.807) is 19.1 Å². The summed E-state index contributed by atoms with van der Waals surface area (Å²) in [4.78, 5) is 8.74. The highest BCUT2D eigenvalue weighted by Gasteiger charge is 2.17. The number of hydrogen-bond acceptors (Lipinski definition) is 3. The van der Waals surface area contributed by atoms with Gasteiger partial charge in [0.25, 0.3) is 0 Å². The molecule has 4 nitrogen and oxygen atoms in total. The summed E-state index contributed by atoms with van der Waals surface area (Å²) in [5.41, 5.74) is 9.65. The predicted molar refractivity (Wildman–Crippen MR) is 85.1 cm³/mol. The van der Waals surface area contributed by atoms with Crippen LogP contribution in [-0.2, 0) is 0 Å². The molecule has 3 aromatic rings. The number of anilines is 1. The third kappa shape index (κ3) is 2.10. The summed E-state index contributed by atoms with van der Waals surface area (Å²) in [5.74, 6) is 0.785. The Labute approximate surface area is 129 Å². The fraction of sp³-hybridized carbons (Fsp3) is 0.200. The van der Waals surface area contributed by atoms with E-state index >= 15 is 0 Å². The molecule has 0 unspecified atom stereocenters. The van der Waals surface area contributed by atoms with Gasteiger partial charge in [-0.05, 0) is 60.5 Å². The highest BCUT2D eigenvalue weighted by Crippen LogP contribution is 2.31. The van der Waals surface area contributed by atoms with E-state index in [1.807, 2.05) is 18.4 Å². The van der Waals surface area contributed by atoms with Crippen LogP contribution in [0.1, 0.15) is 17.1 Å². The van der Waals surface area contributed by atoms with Gasteiger partial charge in [0, 0.05) is 11.4 Å². The molecule has 0 aliphatic carbocycles. The van der Waals surface area contributed by atoms with Gasteiger partial charge in [-0.2, -0.15) is 0 Å². The monoisotopic (exact) mass is 348 g/mol. The second kappa shape index (κ2) is 4.80. The molecule has 2 heterocycles. The molecule has 2 N–H and O–H groups in total. The minimum atomic E-state index is -0.296. The Morgan fingerprint density at radius 2 is 1.90 bits per heavy atom. The average molecular weight is 349 g/mol. The van der Waals surface area contributed by atoms with Crippen molar-refractivity contribution in [1.82, 2.24) is 14.5 Å². The molecule has 0 saturated heterocycles. The van der Waals surface area contributed by atoms with Gasteiger partial charge in [0.05, 0.1) is 9.86 Å². The summed E-state index contributed by atoms with van der Waals surface area (Å²) < 4.78 is 15.8. The van der Waals surface area contributed by atoms with Crippen LogP contribution in [0.15, 0.2) is 22.7 Å². The first-order valence-corrected chi connectivity index (χ1v) is 7.26. The number of nitrogens with zero attached hydrogens (tertiary/aromatic N) is 3. The van der Waals surface area contributed by atoms with Crippen LogP contribution in [0, 0.1) is 26.6 Å². The minimum absolute atomic E-state index is 0.296. The van der Waals surface area contributed by atoms with Crippen molar-refractivity contribution < 1.29 is 4.39 Å². The first-order valence-electron chi connectivity index (χ1n) is 6.47. The maximum absolute atomic E-state index is 13.5. The molecule has 0 aliphatic rings. The van der Waals surface area contributed by atoms with Crippen molar-refractivity contribution >= 4 is 32.8 Å². The van der Waals surface area contributed by atoms with Crippen LogP contribution in [-0.4, -0.2) is 14.5 Å². The van der Waals surface area contributed by atoms with E-state index in [-0.39, 0.29) is 5.82 Å². The van der Waals surface area contributed by atoms with Crippen LogP contribution in [0.3, 0.4) is 0 Å². The van der Waals surface area contributed by atoms with Gasteiger partial charge < -0.3 is 5.73 Å². The zero-order valence-corrected chi connectivity index (χ0v) is 13.5. The number of aryl methyl sites for hydroxylation is 2. The summed E-state index contributed by atoms with van der Waals surface area (Å²) in [7, 11) is 0. The second-order valence-electron chi connectivity index (χ2n) is 5.00. The zero-order chi connectivity index (χ0) is 15.3. The third-order valence-electron chi connectivity index (χ3n) is 3.66. The van der Waals surface area contributed by atoms with E-state index in [0.717, 1.165) is 28.0 Å². The Morgan fingerprint density at radius 1 is 1.19 bits per heavy atom. The van der Waals surface area contributed by atoms with E-state index in [4.69, 9.17) is 5.73 Å². The SMILES string of the molecule is Cc1nc(N)c2c(C)c(C)n(-c3ccc(F)c(Br)c3)c2n1. The molecular weight excluding hydrogens is 335 g/mol. The van der Waals surface area contributed by atoms with Crippen LogP contribution < -0.4 is 5.73 Å². The molecule has 0 bridgehead atoms. The lowest BCUT2D eigenvalue weighted by Gasteiger charge is -2.09. The first kappa shape index (κ1) is 14.0.